The monoisotopic (exact) mass is 295 g/mol. The van der Waals surface area contributed by atoms with Gasteiger partial charge >= 0.3 is 0 Å². The normalized spacial score (nSPS) is 11.2. The van der Waals surface area contributed by atoms with Crippen molar-refractivity contribution in [1.82, 2.24) is 15.5 Å². The van der Waals surface area contributed by atoms with Crippen LogP contribution in [0.5, 0.6) is 0 Å². The number of hydrogen-bond donors (Lipinski definition) is 1. The molecule has 0 saturated heterocycles. The standard InChI is InChI=1S/C14H18ClN3S/c1-9(2)7-16-8-13-17-18-14(19-13)11-5-4-10(3)6-12(11)15/h4-6,9,16H,7-8H2,1-3H3. The molecule has 1 N–H and O–H groups in total. The molecule has 0 amide bonds. The molecule has 0 saturated carbocycles. The molecule has 2 rings (SSSR count). The second-order valence-electron chi connectivity index (χ2n) is 5.01. The van der Waals surface area contributed by atoms with Gasteiger partial charge in [0.2, 0.25) is 0 Å². The van der Waals surface area contributed by atoms with Gasteiger partial charge in [0, 0.05) is 12.1 Å². The van der Waals surface area contributed by atoms with Crippen molar-refractivity contribution >= 4 is 22.9 Å². The number of benzene rings is 1. The first-order chi connectivity index (χ1) is 9.06. The quantitative estimate of drug-likeness (QED) is 0.909. The van der Waals surface area contributed by atoms with Gasteiger partial charge in [-0.2, -0.15) is 0 Å². The largest absolute Gasteiger partial charge is 0.310 e. The van der Waals surface area contributed by atoms with Crippen LogP contribution in [0.3, 0.4) is 0 Å². The van der Waals surface area contributed by atoms with Gasteiger partial charge in [-0.15, -0.1) is 10.2 Å². The maximum absolute atomic E-state index is 6.24. The highest BCUT2D eigenvalue weighted by Gasteiger charge is 2.10. The van der Waals surface area contributed by atoms with Crippen molar-refractivity contribution in [2.45, 2.75) is 27.3 Å². The summed E-state index contributed by atoms with van der Waals surface area (Å²) in [6, 6.07) is 6.00. The van der Waals surface area contributed by atoms with E-state index in [-0.39, 0.29) is 0 Å². The Morgan fingerprint density at radius 2 is 2.11 bits per heavy atom. The first kappa shape index (κ1) is 14.4. The van der Waals surface area contributed by atoms with E-state index in [1.807, 2.05) is 25.1 Å². The summed E-state index contributed by atoms with van der Waals surface area (Å²) >= 11 is 7.83. The second kappa shape index (κ2) is 6.46. The molecule has 0 fully saturated rings. The third kappa shape index (κ3) is 4.00. The summed E-state index contributed by atoms with van der Waals surface area (Å²) in [5.74, 6) is 0.638. The fraction of sp³-hybridized carbons (Fsp3) is 0.429. The van der Waals surface area contributed by atoms with E-state index in [0.717, 1.165) is 39.3 Å². The molecule has 3 nitrogen and oxygen atoms in total. The van der Waals surface area contributed by atoms with E-state index >= 15 is 0 Å². The Kier molecular flexibility index (Phi) is 4.91. The molecule has 1 aromatic carbocycles. The zero-order chi connectivity index (χ0) is 13.8. The molecule has 0 radical (unpaired) electrons. The lowest BCUT2D eigenvalue weighted by atomic mass is 10.2. The fourth-order valence-corrected chi connectivity index (χ4v) is 2.92. The van der Waals surface area contributed by atoms with E-state index < -0.39 is 0 Å². The van der Waals surface area contributed by atoms with Crippen molar-refractivity contribution in [2.24, 2.45) is 5.92 Å². The van der Waals surface area contributed by atoms with Crippen LogP contribution in [0.25, 0.3) is 10.6 Å². The molecule has 1 aromatic heterocycles. The molecule has 0 spiro atoms. The van der Waals surface area contributed by atoms with Gasteiger partial charge in [-0.25, -0.2) is 0 Å². The number of nitrogens with one attached hydrogen (secondary N) is 1. The molecular formula is C14H18ClN3S. The summed E-state index contributed by atoms with van der Waals surface area (Å²) in [4.78, 5) is 0. The molecule has 0 bridgehead atoms. The summed E-state index contributed by atoms with van der Waals surface area (Å²) in [7, 11) is 0. The van der Waals surface area contributed by atoms with Crippen LogP contribution >= 0.6 is 22.9 Å². The summed E-state index contributed by atoms with van der Waals surface area (Å²) in [6.07, 6.45) is 0. The minimum atomic E-state index is 0.638. The Labute approximate surface area is 123 Å². The van der Waals surface area contributed by atoms with Crippen molar-refractivity contribution < 1.29 is 0 Å². The van der Waals surface area contributed by atoms with E-state index in [2.05, 4.69) is 29.4 Å². The number of aryl methyl sites for hydroxylation is 1. The Hall–Kier alpha value is -0.970. The van der Waals surface area contributed by atoms with E-state index in [1.54, 1.807) is 11.3 Å². The molecule has 0 unspecified atom stereocenters. The van der Waals surface area contributed by atoms with Crippen LogP contribution in [0.4, 0.5) is 0 Å². The summed E-state index contributed by atoms with van der Waals surface area (Å²) in [5, 5.41) is 14.4. The smallest absolute Gasteiger partial charge is 0.149 e. The maximum Gasteiger partial charge on any atom is 0.149 e. The third-order valence-electron chi connectivity index (χ3n) is 2.65. The first-order valence-corrected chi connectivity index (χ1v) is 7.55. The van der Waals surface area contributed by atoms with Gasteiger partial charge in [0.25, 0.3) is 0 Å². The molecule has 102 valence electrons. The lowest BCUT2D eigenvalue weighted by molar-refractivity contribution is 0.550. The Morgan fingerprint density at radius 3 is 2.79 bits per heavy atom. The average molecular weight is 296 g/mol. The van der Waals surface area contributed by atoms with Crippen LogP contribution in [-0.2, 0) is 6.54 Å². The van der Waals surface area contributed by atoms with Gasteiger partial charge in [-0.3, -0.25) is 0 Å². The van der Waals surface area contributed by atoms with E-state index in [1.165, 1.54) is 0 Å². The van der Waals surface area contributed by atoms with E-state index in [9.17, 15) is 0 Å². The molecule has 19 heavy (non-hydrogen) atoms. The predicted molar refractivity (Wildman–Crippen MR) is 81.6 cm³/mol. The van der Waals surface area contributed by atoms with Gasteiger partial charge in [0.15, 0.2) is 0 Å². The van der Waals surface area contributed by atoms with Gasteiger partial charge in [-0.1, -0.05) is 48.9 Å². The van der Waals surface area contributed by atoms with Crippen LogP contribution in [0.1, 0.15) is 24.4 Å². The van der Waals surface area contributed by atoms with Crippen LogP contribution in [0.2, 0.25) is 5.02 Å². The summed E-state index contributed by atoms with van der Waals surface area (Å²) in [5.41, 5.74) is 2.11. The van der Waals surface area contributed by atoms with Crippen LogP contribution in [0.15, 0.2) is 18.2 Å². The molecule has 0 aliphatic rings. The van der Waals surface area contributed by atoms with Crippen molar-refractivity contribution in [3.8, 4) is 10.6 Å². The second-order valence-corrected chi connectivity index (χ2v) is 6.48. The summed E-state index contributed by atoms with van der Waals surface area (Å²) in [6.45, 7) is 8.14. The number of aromatic nitrogens is 2. The SMILES string of the molecule is Cc1ccc(-c2nnc(CNCC(C)C)s2)c(Cl)c1. The fourth-order valence-electron chi connectivity index (χ4n) is 1.70. The topological polar surface area (TPSA) is 37.8 Å². The number of hydrogen-bond acceptors (Lipinski definition) is 4. The molecule has 5 heteroatoms. The lowest BCUT2D eigenvalue weighted by Crippen LogP contribution is -2.18. The van der Waals surface area contributed by atoms with Crippen molar-refractivity contribution in [3.05, 3.63) is 33.8 Å². The van der Waals surface area contributed by atoms with Crippen molar-refractivity contribution in [1.29, 1.82) is 0 Å². The van der Waals surface area contributed by atoms with Crippen molar-refractivity contribution in [2.75, 3.05) is 6.54 Å². The van der Waals surface area contributed by atoms with Crippen LogP contribution in [0, 0.1) is 12.8 Å². The maximum atomic E-state index is 6.24. The average Bonchev–Trinajstić information content (AvgIpc) is 2.77. The minimum Gasteiger partial charge on any atom is -0.310 e. The Balaban J connectivity index is 2.08. The highest BCUT2D eigenvalue weighted by Crippen LogP contribution is 2.30. The van der Waals surface area contributed by atoms with Gasteiger partial charge in [0.1, 0.15) is 10.0 Å². The van der Waals surface area contributed by atoms with E-state index in [4.69, 9.17) is 11.6 Å². The van der Waals surface area contributed by atoms with E-state index in [0.29, 0.717) is 5.92 Å². The Bertz CT molecular complexity index is 551. The number of nitrogens with zero attached hydrogens (tertiary/aromatic N) is 2. The highest BCUT2D eigenvalue weighted by molar-refractivity contribution is 7.14. The van der Waals surface area contributed by atoms with Crippen LogP contribution < -0.4 is 5.32 Å². The highest BCUT2D eigenvalue weighted by atomic mass is 35.5. The van der Waals surface area contributed by atoms with Crippen LogP contribution in [-0.4, -0.2) is 16.7 Å². The zero-order valence-corrected chi connectivity index (χ0v) is 13.0. The van der Waals surface area contributed by atoms with Gasteiger partial charge in [0.05, 0.1) is 5.02 Å². The number of rotatable bonds is 5. The third-order valence-corrected chi connectivity index (χ3v) is 3.92. The minimum absolute atomic E-state index is 0.638. The molecular weight excluding hydrogens is 278 g/mol. The summed E-state index contributed by atoms with van der Waals surface area (Å²) < 4.78 is 0. The molecule has 0 atom stereocenters. The van der Waals surface area contributed by atoms with Gasteiger partial charge in [-0.05, 0) is 31.0 Å². The van der Waals surface area contributed by atoms with Gasteiger partial charge < -0.3 is 5.32 Å². The number of halogens is 1. The predicted octanol–water partition coefficient (Wildman–Crippen LogP) is 3.91. The molecule has 0 aliphatic carbocycles. The molecule has 1 heterocycles. The zero-order valence-electron chi connectivity index (χ0n) is 11.4. The molecule has 2 aromatic rings. The van der Waals surface area contributed by atoms with Crippen molar-refractivity contribution in [3.63, 3.8) is 0 Å². The first-order valence-electron chi connectivity index (χ1n) is 6.36. The molecule has 0 aliphatic heterocycles. The lowest BCUT2D eigenvalue weighted by Gasteiger charge is -2.04. The Morgan fingerprint density at radius 1 is 1.32 bits per heavy atom.